The second-order valence-electron chi connectivity index (χ2n) is 5.77. The molecule has 0 amide bonds. The molecular weight excluding hydrogens is 284 g/mol. The number of hydrogen-bond donors (Lipinski definition) is 1. The summed E-state index contributed by atoms with van der Waals surface area (Å²) in [5.41, 5.74) is -0.430. The molecule has 5 heteroatoms. The maximum atomic E-state index is 12.0. The number of hydrogen-bond acceptors (Lipinski definition) is 5. The van der Waals surface area contributed by atoms with Crippen molar-refractivity contribution in [2.75, 3.05) is 0 Å². The van der Waals surface area contributed by atoms with Crippen LogP contribution in [0, 0.1) is 0 Å². The normalized spacial score (nSPS) is 24.5. The first kappa shape index (κ1) is 16.5. The van der Waals surface area contributed by atoms with Crippen LogP contribution in [0.2, 0.25) is 0 Å². The molecule has 120 valence electrons. The van der Waals surface area contributed by atoms with Crippen molar-refractivity contribution in [2.45, 2.75) is 57.3 Å². The number of benzene rings is 1. The zero-order chi connectivity index (χ0) is 16.0. The van der Waals surface area contributed by atoms with Crippen molar-refractivity contribution >= 4 is 11.9 Å². The fourth-order valence-electron chi connectivity index (χ4n) is 2.80. The highest BCUT2D eigenvalue weighted by atomic mass is 16.6. The summed E-state index contributed by atoms with van der Waals surface area (Å²) in [5.74, 6) is -0.923. The van der Waals surface area contributed by atoms with Crippen LogP contribution >= 0.6 is 0 Å². The van der Waals surface area contributed by atoms with Crippen LogP contribution in [0.25, 0.3) is 0 Å². The van der Waals surface area contributed by atoms with Crippen LogP contribution in [0.4, 0.5) is 0 Å². The van der Waals surface area contributed by atoms with Gasteiger partial charge in [-0.3, -0.25) is 9.59 Å². The lowest BCUT2D eigenvalue weighted by Gasteiger charge is -2.38. The third kappa shape index (κ3) is 4.56. The van der Waals surface area contributed by atoms with Crippen molar-refractivity contribution in [1.82, 2.24) is 0 Å². The summed E-state index contributed by atoms with van der Waals surface area (Å²) in [4.78, 5) is 23.1. The summed E-state index contributed by atoms with van der Waals surface area (Å²) in [6.07, 6.45) is 1.90. The van der Waals surface area contributed by atoms with Gasteiger partial charge in [0.25, 0.3) is 0 Å². The largest absolute Gasteiger partial charge is 0.461 e. The Morgan fingerprint density at radius 1 is 1.27 bits per heavy atom. The molecule has 0 aromatic heterocycles. The molecule has 1 fully saturated rings. The highest BCUT2D eigenvalue weighted by molar-refractivity contribution is 5.71. The minimum atomic E-state index is -1.32. The van der Waals surface area contributed by atoms with Crippen LogP contribution in [-0.2, 0) is 25.7 Å². The van der Waals surface area contributed by atoms with Crippen LogP contribution in [0.15, 0.2) is 30.3 Å². The molecule has 0 radical (unpaired) electrons. The van der Waals surface area contributed by atoms with Crippen molar-refractivity contribution in [1.29, 1.82) is 0 Å². The fourth-order valence-corrected chi connectivity index (χ4v) is 2.80. The van der Waals surface area contributed by atoms with Gasteiger partial charge in [0, 0.05) is 6.92 Å². The lowest BCUT2D eigenvalue weighted by Crippen LogP contribution is -2.48. The van der Waals surface area contributed by atoms with Crippen molar-refractivity contribution in [2.24, 2.45) is 0 Å². The van der Waals surface area contributed by atoms with E-state index in [1.165, 1.54) is 6.92 Å². The Bertz CT molecular complexity index is 513. The summed E-state index contributed by atoms with van der Waals surface area (Å²) >= 11 is 0. The number of carbonyl (C=O) groups excluding carboxylic acids is 2. The summed E-state index contributed by atoms with van der Waals surface area (Å²) in [7, 11) is 0. The molecule has 5 nitrogen and oxygen atoms in total. The van der Waals surface area contributed by atoms with Crippen LogP contribution in [0.1, 0.15) is 44.6 Å². The first-order valence-corrected chi connectivity index (χ1v) is 7.59. The molecule has 0 unspecified atom stereocenters. The second kappa shape index (κ2) is 7.40. The lowest BCUT2D eigenvalue weighted by molar-refractivity contribution is -0.178. The number of rotatable bonds is 5. The van der Waals surface area contributed by atoms with Crippen molar-refractivity contribution in [3.63, 3.8) is 0 Å². The summed E-state index contributed by atoms with van der Waals surface area (Å²) in [6, 6.07) is 9.36. The average Bonchev–Trinajstić information content (AvgIpc) is 2.48. The molecule has 1 aliphatic rings. The van der Waals surface area contributed by atoms with Crippen LogP contribution in [-0.4, -0.2) is 28.8 Å². The van der Waals surface area contributed by atoms with E-state index in [1.807, 2.05) is 30.3 Å². The predicted octanol–water partition coefficient (Wildman–Crippen LogP) is 2.36. The van der Waals surface area contributed by atoms with E-state index in [-0.39, 0.29) is 13.0 Å². The fraction of sp³-hybridized carbons (Fsp3) is 0.529. The van der Waals surface area contributed by atoms with Gasteiger partial charge in [0.05, 0.1) is 6.42 Å². The molecule has 2 rings (SSSR count). The van der Waals surface area contributed by atoms with E-state index in [0.717, 1.165) is 18.4 Å². The van der Waals surface area contributed by atoms with Gasteiger partial charge in [-0.05, 0) is 24.8 Å². The molecule has 1 aliphatic carbocycles. The van der Waals surface area contributed by atoms with Gasteiger partial charge in [0.15, 0.2) is 0 Å². The standard InChI is InChI=1S/C17H22O5/c1-13(18)22-15-9-5-6-10-17(15,20)11-16(19)21-12-14-7-3-2-4-8-14/h2-4,7-8,15,20H,5-6,9-12H2,1H3/t15-,17-/m0/s1. The Morgan fingerprint density at radius 2 is 2.00 bits per heavy atom. The SMILES string of the molecule is CC(=O)O[C@H]1CCCC[C@]1(O)CC(=O)OCc1ccccc1. The van der Waals surface area contributed by atoms with E-state index < -0.39 is 23.6 Å². The van der Waals surface area contributed by atoms with Crippen molar-refractivity contribution < 1.29 is 24.2 Å². The highest BCUT2D eigenvalue weighted by Gasteiger charge is 2.43. The molecule has 22 heavy (non-hydrogen) atoms. The molecule has 1 saturated carbocycles. The van der Waals surface area contributed by atoms with Crippen LogP contribution < -0.4 is 0 Å². The van der Waals surface area contributed by atoms with E-state index in [0.29, 0.717) is 12.8 Å². The molecule has 0 aliphatic heterocycles. The first-order valence-electron chi connectivity index (χ1n) is 7.59. The lowest BCUT2D eigenvalue weighted by atomic mass is 9.80. The Labute approximate surface area is 130 Å². The maximum Gasteiger partial charge on any atom is 0.309 e. The molecule has 0 heterocycles. The van der Waals surface area contributed by atoms with Crippen LogP contribution in [0.5, 0.6) is 0 Å². The molecular formula is C17H22O5. The second-order valence-corrected chi connectivity index (χ2v) is 5.77. The van der Waals surface area contributed by atoms with Crippen LogP contribution in [0.3, 0.4) is 0 Å². The number of carbonyl (C=O) groups is 2. The third-order valence-corrected chi connectivity index (χ3v) is 3.93. The molecule has 2 atom stereocenters. The molecule has 1 N–H and O–H groups in total. The third-order valence-electron chi connectivity index (χ3n) is 3.93. The molecule has 0 bridgehead atoms. The quantitative estimate of drug-likeness (QED) is 0.845. The maximum absolute atomic E-state index is 12.0. The van der Waals surface area contributed by atoms with Gasteiger partial charge in [-0.2, -0.15) is 0 Å². The zero-order valence-electron chi connectivity index (χ0n) is 12.8. The Balaban J connectivity index is 1.91. The van der Waals surface area contributed by atoms with E-state index in [9.17, 15) is 14.7 Å². The average molecular weight is 306 g/mol. The Hall–Kier alpha value is -1.88. The smallest absolute Gasteiger partial charge is 0.309 e. The monoisotopic (exact) mass is 306 g/mol. The molecule has 1 aromatic carbocycles. The molecule has 0 saturated heterocycles. The van der Waals surface area contributed by atoms with Gasteiger partial charge in [0.1, 0.15) is 18.3 Å². The molecule has 1 aromatic rings. The molecule has 0 spiro atoms. The van der Waals surface area contributed by atoms with Gasteiger partial charge in [-0.25, -0.2) is 0 Å². The minimum Gasteiger partial charge on any atom is -0.461 e. The van der Waals surface area contributed by atoms with E-state index in [1.54, 1.807) is 0 Å². The highest BCUT2D eigenvalue weighted by Crippen LogP contribution is 2.34. The zero-order valence-corrected chi connectivity index (χ0v) is 12.8. The van der Waals surface area contributed by atoms with E-state index >= 15 is 0 Å². The topological polar surface area (TPSA) is 72.8 Å². The number of aliphatic hydroxyl groups is 1. The summed E-state index contributed by atoms with van der Waals surface area (Å²) in [5, 5.41) is 10.7. The predicted molar refractivity (Wildman–Crippen MR) is 79.8 cm³/mol. The summed E-state index contributed by atoms with van der Waals surface area (Å²) in [6.45, 7) is 1.48. The van der Waals surface area contributed by atoms with Gasteiger partial charge in [-0.1, -0.05) is 36.8 Å². The number of esters is 2. The number of ether oxygens (including phenoxy) is 2. The van der Waals surface area contributed by atoms with Gasteiger partial charge >= 0.3 is 11.9 Å². The van der Waals surface area contributed by atoms with Gasteiger partial charge < -0.3 is 14.6 Å². The first-order chi connectivity index (χ1) is 10.5. The Morgan fingerprint density at radius 3 is 2.68 bits per heavy atom. The van der Waals surface area contributed by atoms with Gasteiger partial charge in [-0.15, -0.1) is 0 Å². The Kier molecular flexibility index (Phi) is 5.55. The van der Waals surface area contributed by atoms with Gasteiger partial charge in [0.2, 0.25) is 0 Å². The minimum absolute atomic E-state index is 0.155. The van der Waals surface area contributed by atoms with Crippen molar-refractivity contribution in [3.8, 4) is 0 Å². The summed E-state index contributed by atoms with van der Waals surface area (Å²) < 4.78 is 10.4. The van der Waals surface area contributed by atoms with E-state index in [4.69, 9.17) is 9.47 Å². The van der Waals surface area contributed by atoms with Crippen molar-refractivity contribution in [3.05, 3.63) is 35.9 Å². The van der Waals surface area contributed by atoms with E-state index in [2.05, 4.69) is 0 Å².